The van der Waals surface area contributed by atoms with Gasteiger partial charge in [-0.25, -0.2) is 0 Å². The minimum absolute atomic E-state index is 0.0177. The van der Waals surface area contributed by atoms with Crippen LogP contribution >= 0.6 is 0 Å². The molecule has 2 amide bonds. The number of amides is 2. The number of carbonyl (C=O) groups excluding carboxylic acids is 2. The Bertz CT molecular complexity index is 785. The first-order valence-electron chi connectivity index (χ1n) is 6.92. The summed E-state index contributed by atoms with van der Waals surface area (Å²) < 4.78 is 0. The molecule has 3 rings (SSSR count). The van der Waals surface area contributed by atoms with Crippen molar-refractivity contribution in [3.8, 4) is 0 Å². The number of carbonyl (C=O) groups is 2. The molecule has 1 aromatic heterocycles. The fraction of sp³-hybridized carbons (Fsp3) is 0.214. The smallest absolute Gasteiger partial charge is 0.343 e. The van der Waals surface area contributed by atoms with E-state index in [1.54, 1.807) is 4.90 Å². The minimum atomic E-state index is -0.663. The topological polar surface area (TPSA) is 121 Å². The monoisotopic (exact) mass is 315 g/mol. The predicted octanol–water partition coefficient (Wildman–Crippen LogP) is 0.637. The lowest BCUT2D eigenvalue weighted by Gasteiger charge is -2.17. The first-order chi connectivity index (χ1) is 11.1. The molecule has 0 saturated carbocycles. The maximum absolute atomic E-state index is 12.0. The number of fused-ring (bicyclic) bond motifs is 1. The quantitative estimate of drug-likeness (QED) is 0.619. The molecule has 9 nitrogen and oxygen atoms in total. The number of rotatable bonds is 5. The zero-order chi connectivity index (χ0) is 16.4. The molecule has 1 aliphatic rings. The molecule has 23 heavy (non-hydrogen) atoms. The van der Waals surface area contributed by atoms with Crippen LogP contribution in [0.4, 0.5) is 11.5 Å². The largest absolute Gasteiger partial charge is 0.358 e. The SMILES string of the molecule is O=C(NCCN1C(=O)Cc2ccccc21)c1cc([N+](=O)[O-])[nH]n1. The van der Waals surface area contributed by atoms with Crippen molar-refractivity contribution < 1.29 is 14.5 Å². The second-order valence-corrected chi connectivity index (χ2v) is 5.00. The van der Waals surface area contributed by atoms with E-state index in [1.807, 2.05) is 24.3 Å². The van der Waals surface area contributed by atoms with Crippen molar-refractivity contribution in [1.82, 2.24) is 15.5 Å². The van der Waals surface area contributed by atoms with Gasteiger partial charge in [0.05, 0.1) is 12.5 Å². The van der Waals surface area contributed by atoms with Crippen molar-refractivity contribution in [2.24, 2.45) is 0 Å². The van der Waals surface area contributed by atoms with Crippen molar-refractivity contribution in [3.05, 3.63) is 51.7 Å². The van der Waals surface area contributed by atoms with Gasteiger partial charge in [0.1, 0.15) is 0 Å². The molecule has 0 bridgehead atoms. The van der Waals surface area contributed by atoms with Gasteiger partial charge in [0.15, 0.2) is 5.69 Å². The van der Waals surface area contributed by atoms with Crippen molar-refractivity contribution in [1.29, 1.82) is 0 Å². The van der Waals surface area contributed by atoms with Crippen LogP contribution in [0.1, 0.15) is 16.1 Å². The van der Waals surface area contributed by atoms with Crippen molar-refractivity contribution in [2.75, 3.05) is 18.0 Å². The highest BCUT2D eigenvalue weighted by Gasteiger charge is 2.26. The number of anilines is 1. The zero-order valence-corrected chi connectivity index (χ0v) is 12.0. The summed E-state index contributed by atoms with van der Waals surface area (Å²) >= 11 is 0. The minimum Gasteiger partial charge on any atom is -0.358 e. The summed E-state index contributed by atoms with van der Waals surface area (Å²) in [6.07, 6.45) is 0.357. The number of benzene rings is 1. The van der Waals surface area contributed by atoms with Crippen LogP contribution in [0.25, 0.3) is 0 Å². The first kappa shape index (κ1) is 14.7. The Kier molecular flexibility index (Phi) is 3.75. The Morgan fingerprint density at radius 2 is 2.22 bits per heavy atom. The first-order valence-corrected chi connectivity index (χ1v) is 6.92. The molecule has 0 unspecified atom stereocenters. The average Bonchev–Trinajstić information content (AvgIpc) is 3.12. The van der Waals surface area contributed by atoms with Gasteiger partial charge >= 0.3 is 5.82 Å². The standard InChI is InChI=1S/C14H13N5O4/c20-13-7-9-3-1-2-4-11(9)18(13)6-5-15-14(21)10-8-12(17-16-10)19(22)23/h1-4,8H,5-7H2,(H,15,21)(H,16,17). The summed E-state index contributed by atoms with van der Waals surface area (Å²) in [4.78, 5) is 35.3. The third-order valence-corrected chi connectivity index (χ3v) is 3.54. The summed E-state index contributed by atoms with van der Waals surface area (Å²) in [6.45, 7) is 0.549. The number of hydrogen-bond donors (Lipinski definition) is 2. The van der Waals surface area contributed by atoms with E-state index in [0.29, 0.717) is 13.0 Å². The van der Waals surface area contributed by atoms with E-state index < -0.39 is 10.8 Å². The Morgan fingerprint density at radius 3 is 2.96 bits per heavy atom. The Labute approximate surface area is 130 Å². The molecule has 0 aliphatic carbocycles. The zero-order valence-electron chi connectivity index (χ0n) is 12.0. The van der Waals surface area contributed by atoms with Crippen molar-refractivity contribution >= 4 is 23.3 Å². The third-order valence-electron chi connectivity index (χ3n) is 3.54. The van der Waals surface area contributed by atoms with E-state index >= 15 is 0 Å². The van der Waals surface area contributed by atoms with Crippen LogP contribution in [0.5, 0.6) is 0 Å². The lowest BCUT2D eigenvalue weighted by atomic mass is 10.2. The van der Waals surface area contributed by atoms with Crippen LogP contribution in [-0.2, 0) is 11.2 Å². The third kappa shape index (κ3) is 2.89. The molecule has 0 fully saturated rings. The second-order valence-electron chi connectivity index (χ2n) is 5.00. The summed E-state index contributed by atoms with van der Waals surface area (Å²) in [6, 6.07) is 8.55. The maximum atomic E-state index is 12.0. The summed E-state index contributed by atoms with van der Waals surface area (Å²) in [5, 5.41) is 18.9. The van der Waals surface area contributed by atoms with Crippen LogP contribution in [-0.4, -0.2) is 40.0 Å². The molecule has 0 spiro atoms. The fourth-order valence-corrected chi connectivity index (χ4v) is 2.45. The van der Waals surface area contributed by atoms with Gasteiger partial charge in [-0.15, -0.1) is 5.10 Å². The summed E-state index contributed by atoms with van der Waals surface area (Å²) in [5.41, 5.74) is 1.75. The maximum Gasteiger partial charge on any atom is 0.343 e. The number of H-pyrrole nitrogens is 1. The van der Waals surface area contributed by atoms with Crippen LogP contribution in [0, 0.1) is 10.1 Å². The molecular formula is C14H13N5O4. The summed E-state index contributed by atoms with van der Waals surface area (Å²) in [7, 11) is 0. The van der Waals surface area contributed by atoms with Gasteiger partial charge in [-0.3, -0.25) is 9.59 Å². The van der Waals surface area contributed by atoms with Gasteiger partial charge in [-0.2, -0.15) is 0 Å². The van der Waals surface area contributed by atoms with Gasteiger partial charge in [0.2, 0.25) is 5.91 Å². The highest BCUT2D eigenvalue weighted by Crippen LogP contribution is 2.27. The molecule has 0 radical (unpaired) electrons. The molecule has 118 valence electrons. The molecule has 2 N–H and O–H groups in total. The van der Waals surface area contributed by atoms with Crippen molar-refractivity contribution in [3.63, 3.8) is 0 Å². The van der Waals surface area contributed by atoms with E-state index in [4.69, 9.17) is 0 Å². The van der Waals surface area contributed by atoms with Crippen LogP contribution in [0.2, 0.25) is 0 Å². The molecule has 2 heterocycles. The molecular weight excluding hydrogens is 302 g/mol. The number of hydrogen-bond acceptors (Lipinski definition) is 5. The Hall–Kier alpha value is -3.23. The van der Waals surface area contributed by atoms with Crippen molar-refractivity contribution in [2.45, 2.75) is 6.42 Å². The Balaban J connectivity index is 1.58. The van der Waals surface area contributed by atoms with E-state index in [0.717, 1.165) is 17.3 Å². The number of aromatic amines is 1. The molecule has 2 aromatic rings. The fourth-order valence-electron chi connectivity index (χ4n) is 2.45. The van der Waals surface area contributed by atoms with Gasteiger partial charge in [-0.05, 0) is 16.6 Å². The number of nitro groups is 1. The summed E-state index contributed by atoms with van der Waals surface area (Å²) in [5.74, 6) is -0.899. The van der Waals surface area contributed by atoms with Gasteiger partial charge in [-0.1, -0.05) is 23.3 Å². The number of aromatic nitrogens is 2. The lowest BCUT2D eigenvalue weighted by Crippen LogP contribution is -2.36. The van der Waals surface area contributed by atoms with Gasteiger partial charge in [0, 0.05) is 18.8 Å². The lowest BCUT2D eigenvalue weighted by molar-refractivity contribution is -0.389. The van der Waals surface area contributed by atoms with E-state index in [-0.39, 0.29) is 24.0 Å². The average molecular weight is 315 g/mol. The van der Waals surface area contributed by atoms with E-state index in [1.165, 1.54) is 0 Å². The highest BCUT2D eigenvalue weighted by molar-refractivity contribution is 6.01. The van der Waals surface area contributed by atoms with Crippen LogP contribution < -0.4 is 10.2 Å². The van der Waals surface area contributed by atoms with Crippen LogP contribution in [0.15, 0.2) is 30.3 Å². The second kappa shape index (κ2) is 5.87. The number of nitrogens with zero attached hydrogens (tertiary/aromatic N) is 3. The van der Waals surface area contributed by atoms with Crippen LogP contribution in [0.3, 0.4) is 0 Å². The number of nitrogens with one attached hydrogen (secondary N) is 2. The molecule has 1 aliphatic heterocycles. The highest BCUT2D eigenvalue weighted by atomic mass is 16.6. The van der Waals surface area contributed by atoms with E-state index in [9.17, 15) is 19.7 Å². The number of para-hydroxylation sites is 1. The Morgan fingerprint density at radius 1 is 1.43 bits per heavy atom. The molecule has 0 atom stereocenters. The predicted molar refractivity (Wildman–Crippen MR) is 80.1 cm³/mol. The normalized spacial score (nSPS) is 13.0. The molecule has 1 aromatic carbocycles. The molecule has 0 saturated heterocycles. The van der Waals surface area contributed by atoms with E-state index in [2.05, 4.69) is 15.5 Å². The van der Waals surface area contributed by atoms with Gasteiger partial charge in [0.25, 0.3) is 5.91 Å². The molecule has 9 heteroatoms. The van der Waals surface area contributed by atoms with Gasteiger partial charge < -0.3 is 20.3 Å².